The van der Waals surface area contributed by atoms with E-state index in [9.17, 15) is 0 Å². The molecule has 0 spiro atoms. The lowest BCUT2D eigenvalue weighted by Crippen LogP contribution is -2.49. The van der Waals surface area contributed by atoms with Gasteiger partial charge in [-0.2, -0.15) is 0 Å². The van der Waals surface area contributed by atoms with Crippen LogP contribution in [-0.4, -0.2) is 68.2 Å². The number of hydrogen-bond acceptors (Lipinski definition) is 3. The maximum Gasteiger partial charge on any atom is 0.194 e. The van der Waals surface area contributed by atoms with Crippen LogP contribution in [0.1, 0.15) is 38.0 Å². The standard InChI is InChI=1S/C20H34N4O.HI/c1-7-21-19(22-15-20(3,4)23(5)6)24-12-13-25-18(14-24)17-11-9-8-10-16(17)2;/h8-11,18H,7,12-15H2,1-6H3,(H,21,22);1H. The second kappa shape index (κ2) is 10.5. The van der Waals surface area contributed by atoms with Crippen LogP contribution >= 0.6 is 24.0 Å². The van der Waals surface area contributed by atoms with Gasteiger partial charge in [0.25, 0.3) is 0 Å². The van der Waals surface area contributed by atoms with Crippen LogP contribution in [0.15, 0.2) is 29.3 Å². The summed E-state index contributed by atoms with van der Waals surface area (Å²) < 4.78 is 6.05. The SMILES string of the molecule is CCNC(=NCC(C)(C)N(C)C)N1CCOC(c2ccccc2C)C1.I. The van der Waals surface area contributed by atoms with Crippen molar-refractivity contribution in [3.63, 3.8) is 0 Å². The van der Waals surface area contributed by atoms with E-state index < -0.39 is 0 Å². The molecule has 0 amide bonds. The molecule has 1 aromatic rings. The average molecular weight is 474 g/mol. The summed E-state index contributed by atoms with van der Waals surface area (Å²) in [6.45, 7) is 12.8. The Hall–Kier alpha value is -0.860. The molecule has 2 rings (SSSR count). The van der Waals surface area contributed by atoms with Crippen LogP contribution < -0.4 is 5.32 Å². The Morgan fingerprint density at radius 1 is 1.35 bits per heavy atom. The van der Waals surface area contributed by atoms with E-state index in [0.717, 1.165) is 38.7 Å². The number of nitrogens with zero attached hydrogens (tertiary/aromatic N) is 3. The number of rotatable bonds is 5. The first kappa shape index (κ1) is 23.2. The number of guanidine groups is 1. The van der Waals surface area contributed by atoms with E-state index in [-0.39, 0.29) is 35.6 Å². The highest BCUT2D eigenvalue weighted by molar-refractivity contribution is 14.0. The summed E-state index contributed by atoms with van der Waals surface area (Å²) in [7, 11) is 4.21. The molecule has 1 saturated heterocycles. The molecule has 1 heterocycles. The molecule has 1 unspecified atom stereocenters. The van der Waals surface area contributed by atoms with Crippen molar-refractivity contribution in [2.75, 3.05) is 46.9 Å². The summed E-state index contributed by atoms with van der Waals surface area (Å²) in [5, 5.41) is 3.45. The zero-order valence-electron chi connectivity index (χ0n) is 17.1. The molecule has 1 aliphatic heterocycles. The van der Waals surface area contributed by atoms with Crippen LogP contribution in [0.3, 0.4) is 0 Å². The molecule has 1 N–H and O–H groups in total. The summed E-state index contributed by atoms with van der Waals surface area (Å²) >= 11 is 0. The molecule has 1 fully saturated rings. The molecule has 1 aliphatic rings. The van der Waals surface area contributed by atoms with Gasteiger partial charge in [-0.05, 0) is 52.9 Å². The third-order valence-corrected chi connectivity index (χ3v) is 5.06. The number of likely N-dealkylation sites (N-methyl/N-ethyl adjacent to an activating group) is 1. The number of morpholine rings is 1. The number of hydrogen-bond donors (Lipinski definition) is 1. The monoisotopic (exact) mass is 474 g/mol. The van der Waals surface area contributed by atoms with Gasteiger partial charge in [0, 0.05) is 18.6 Å². The highest BCUT2D eigenvalue weighted by Crippen LogP contribution is 2.25. The molecule has 1 atom stereocenters. The van der Waals surface area contributed by atoms with Crippen molar-refractivity contribution in [3.05, 3.63) is 35.4 Å². The summed E-state index contributed by atoms with van der Waals surface area (Å²) in [5.74, 6) is 0.985. The Labute approximate surface area is 176 Å². The third kappa shape index (κ3) is 6.09. The van der Waals surface area contributed by atoms with E-state index in [0.29, 0.717) is 0 Å². The van der Waals surface area contributed by atoms with E-state index in [4.69, 9.17) is 9.73 Å². The largest absolute Gasteiger partial charge is 0.370 e. The summed E-state index contributed by atoms with van der Waals surface area (Å²) in [5.41, 5.74) is 2.59. The maximum absolute atomic E-state index is 6.05. The Kier molecular flexibility index (Phi) is 9.33. The van der Waals surface area contributed by atoms with Crippen LogP contribution in [0.25, 0.3) is 0 Å². The van der Waals surface area contributed by atoms with Crippen molar-refractivity contribution in [1.29, 1.82) is 0 Å². The molecule has 1 aromatic carbocycles. The quantitative estimate of drug-likeness (QED) is 0.404. The molecule has 0 aliphatic carbocycles. The molecule has 6 heteroatoms. The van der Waals surface area contributed by atoms with Gasteiger partial charge >= 0.3 is 0 Å². The van der Waals surface area contributed by atoms with Crippen molar-refractivity contribution in [2.24, 2.45) is 4.99 Å². The zero-order valence-corrected chi connectivity index (χ0v) is 19.4. The van der Waals surface area contributed by atoms with Gasteiger partial charge in [-0.3, -0.25) is 4.99 Å². The summed E-state index contributed by atoms with van der Waals surface area (Å²) in [4.78, 5) is 9.46. The maximum atomic E-state index is 6.05. The van der Waals surface area contributed by atoms with Crippen molar-refractivity contribution in [3.8, 4) is 0 Å². The second-order valence-corrected chi connectivity index (χ2v) is 7.54. The van der Waals surface area contributed by atoms with Crippen molar-refractivity contribution < 1.29 is 4.74 Å². The van der Waals surface area contributed by atoms with E-state index in [1.807, 2.05) is 0 Å². The van der Waals surface area contributed by atoms with Gasteiger partial charge in [0.2, 0.25) is 0 Å². The Morgan fingerprint density at radius 3 is 2.65 bits per heavy atom. The second-order valence-electron chi connectivity index (χ2n) is 7.54. The Bertz CT molecular complexity index is 589. The molecular formula is C20H35IN4O. The molecule has 0 bridgehead atoms. The van der Waals surface area contributed by atoms with E-state index in [2.05, 4.69) is 81.2 Å². The molecule has 0 aromatic heterocycles. The van der Waals surface area contributed by atoms with Gasteiger partial charge in [0.15, 0.2) is 5.96 Å². The van der Waals surface area contributed by atoms with E-state index >= 15 is 0 Å². The minimum Gasteiger partial charge on any atom is -0.370 e. The lowest BCUT2D eigenvalue weighted by atomic mass is 10.0. The molecule has 0 radical (unpaired) electrons. The van der Waals surface area contributed by atoms with Crippen molar-refractivity contribution >= 4 is 29.9 Å². The number of aryl methyl sites for hydroxylation is 1. The number of nitrogens with one attached hydrogen (secondary N) is 1. The molecule has 5 nitrogen and oxygen atoms in total. The molecular weight excluding hydrogens is 439 g/mol. The van der Waals surface area contributed by atoms with Gasteiger partial charge in [-0.25, -0.2) is 0 Å². The van der Waals surface area contributed by atoms with E-state index in [1.54, 1.807) is 0 Å². The molecule has 0 saturated carbocycles. The lowest BCUT2D eigenvalue weighted by Gasteiger charge is -2.37. The van der Waals surface area contributed by atoms with Crippen molar-refractivity contribution in [1.82, 2.24) is 15.1 Å². The normalized spacial score (nSPS) is 18.7. The van der Waals surface area contributed by atoms with Crippen LogP contribution in [-0.2, 0) is 4.74 Å². The van der Waals surface area contributed by atoms with Gasteiger partial charge in [-0.15, -0.1) is 24.0 Å². The predicted molar refractivity (Wildman–Crippen MR) is 121 cm³/mol. The Balaban J connectivity index is 0.00000338. The van der Waals surface area contributed by atoms with Gasteiger partial charge in [0.05, 0.1) is 19.7 Å². The average Bonchev–Trinajstić information content (AvgIpc) is 2.59. The molecule has 26 heavy (non-hydrogen) atoms. The number of aliphatic imine (C=N–C) groups is 1. The van der Waals surface area contributed by atoms with Gasteiger partial charge < -0.3 is 19.9 Å². The highest BCUT2D eigenvalue weighted by Gasteiger charge is 2.26. The van der Waals surface area contributed by atoms with Gasteiger partial charge in [0.1, 0.15) is 6.10 Å². The smallest absolute Gasteiger partial charge is 0.194 e. The number of ether oxygens (including phenoxy) is 1. The first-order chi connectivity index (χ1) is 11.8. The predicted octanol–water partition coefficient (Wildman–Crippen LogP) is 3.29. The fraction of sp³-hybridized carbons (Fsp3) is 0.650. The first-order valence-electron chi connectivity index (χ1n) is 9.23. The fourth-order valence-corrected chi connectivity index (χ4v) is 2.81. The third-order valence-electron chi connectivity index (χ3n) is 5.06. The Morgan fingerprint density at radius 2 is 2.04 bits per heavy atom. The zero-order chi connectivity index (χ0) is 18.4. The lowest BCUT2D eigenvalue weighted by molar-refractivity contribution is -0.00840. The first-order valence-corrected chi connectivity index (χ1v) is 9.23. The minimum absolute atomic E-state index is 0. The highest BCUT2D eigenvalue weighted by atomic mass is 127. The van der Waals surface area contributed by atoms with E-state index in [1.165, 1.54) is 11.1 Å². The van der Waals surface area contributed by atoms with Crippen LogP contribution in [0.4, 0.5) is 0 Å². The summed E-state index contributed by atoms with van der Waals surface area (Å²) in [6, 6.07) is 8.48. The van der Waals surface area contributed by atoms with Crippen LogP contribution in [0.2, 0.25) is 0 Å². The fourth-order valence-electron chi connectivity index (χ4n) is 2.81. The van der Waals surface area contributed by atoms with Crippen molar-refractivity contribution in [2.45, 2.75) is 39.3 Å². The number of benzene rings is 1. The van der Waals surface area contributed by atoms with Crippen LogP contribution in [0.5, 0.6) is 0 Å². The van der Waals surface area contributed by atoms with Gasteiger partial charge in [-0.1, -0.05) is 24.3 Å². The molecule has 148 valence electrons. The number of halogens is 1. The van der Waals surface area contributed by atoms with Crippen LogP contribution in [0, 0.1) is 6.92 Å². The minimum atomic E-state index is 0. The topological polar surface area (TPSA) is 40.1 Å². The summed E-state index contributed by atoms with van der Waals surface area (Å²) in [6.07, 6.45) is 0.0978.